The normalized spacial score (nSPS) is 10.9. The van der Waals surface area contributed by atoms with E-state index in [-0.39, 0.29) is 11.2 Å². The fourth-order valence-electron chi connectivity index (χ4n) is 2.42. The number of nitro groups is 1. The van der Waals surface area contributed by atoms with Crippen LogP contribution >= 0.6 is 0 Å². The van der Waals surface area contributed by atoms with Gasteiger partial charge in [-0.05, 0) is 25.5 Å². The number of imidazole rings is 1. The molecule has 0 aliphatic rings. The van der Waals surface area contributed by atoms with E-state index in [2.05, 4.69) is 9.83 Å². The van der Waals surface area contributed by atoms with Gasteiger partial charge in [0, 0.05) is 17.7 Å². The minimum Gasteiger partial charge on any atom is -0.349 e. The van der Waals surface area contributed by atoms with Crippen LogP contribution < -0.4 is 5.56 Å². The first-order valence-corrected chi connectivity index (χ1v) is 6.15. The molecular formula is C14H10N4O3. The Morgan fingerprint density at radius 2 is 2.05 bits per heavy atom. The maximum atomic E-state index is 12.4. The van der Waals surface area contributed by atoms with Crippen molar-refractivity contribution in [2.75, 3.05) is 0 Å². The molecule has 2 aromatic heterocycles. The van der Waals surface area contributed by atoms with Crippen LogP contribution in [0.15, 0.2) is 23.0 Å². The van der Waals surface area contributed by atoms with Gasteiger partial charge in [0.25, 0.3) is 11.2 Å². The van der Waals surface area contributed by atoms with Gasteiger partial charge in [-0.1, -0.05) is 0 Å². The Morgan fingerprint density at radius 1 is 1.33 bits per heavy atom. The number of H-pyrrole nitrogens is 1. The molecule has 2 heterocycles. The second-order valence-corrected chi connectivity index (χ2v) is 4.78. The van der Waals surface area contributed by atoms with E-state index in [0.29, 0.717) is 33.5 Å². The number of rotatable bonds is 1. The average molecular weight is 282 g/mol. The molecule has 1 N–H and O–H groups in total. The number of nitrogens with one attached hydrogen (secondary N) is 1. The van der Waals surface area contributed by atoms with E-state index in [1.165, 1.54) is 22.6 Å². The third-order valence-corrected chi connectivity index (χ3v) is 3.69. The molecule has 1 aromatic carbocycles. The number of non-ortho nitro benzene ring substituents is 1. The van der Waals surface area contributed by atoms with Crippen LogP contribution in [0.1, 0.15) is 11.1 Å². The number of benzene rings is 1. The molecule has 21 heavy (non-hydrogen) atoms. The van der Waals surface area contributed by atoms with Gasteiger partial charge >= 0.3 is 0 Å². The summed E-state index contributed by atoms with van der Waals surface area (Å²) in [6.07, 6.45) is 0. The molecule has 0 bridgehead atoms. The van der Waals surface area contributed by atoms with Gasteiger partial charge in [-0.15, -0.1) is 0 Å². The Kier molecular flexibility index (Phi) is 2.56. The summed E-state index contributed by atoms with van der Waals surface area (Å²) in [5.41, 5.74) is 2.41. The molecule has 7 nitrogen and oxygen atoms in total. The lowest BCUT2D eigenvalue weighted by Gasteiger charge is -2.04. The molecule has 7 heteroatoms. The zero-order chi connectivity index (χ0) is 15.3. The van der Waals surface area contributed by atoms with Crippen LogP contribution in [0.25, 0.3) is 21.5 Å². The standard InChI is InChI=1S/C14H10N4O3/c1-7-8(2)14(19)17-11-6-9(18(20)21)4-5-10(11)16-13(17)12(7)15-3/h4-6,16H,1-2H3. The van der Waals surface area contributed by atoms with E-state index < -0.39 is 4.92 Å². The lowest BCUT2D eigenvalue weighted by Crippen LogP contribution is -2.16. The highest BCUT2D eigenvalue weighted by Gasteiger charge is 2.18. The van der Waals surface area contributed by atoms with Crippen LogP contribution in [-0.2, 0) is 0 Å². The molecule has 0 amide bonds. The van der Waals surface area contributed by atoms with Crippen molar-refractivity contribution in [2.24, 2.45) is 0 Å². The highest BCUT2D eigenvalue weighted by atomic mass is 16.6. The van der Waals surface area contributed by atoms with Gasteiger partial charge in [0.2, 0.25) is 5.69 Å². The fraction of sp³-hybridized carbons (Fsp3) is 0.143. The molecule has 0 aliphatic heterocycles. The molecule has 0 saturated heterocycles. The molecule has 0 fully saturated rings. The second kappa shape index (κ2) is 4.18. The van der Waals surface area contributed by atoms with Crippen LogP contribution in [-0.4, -0.2) is 14.3 Å². The molecule has 0 saturated carbocycles. The Bertz CT molecular complexity index is 1020. The first-order valence-electron chi connectivity index (χ1n) is 6.15. The van der Waals surface area contributed by atoms with Crippen LogP contribution in [0.2, 0.25) is 0 Å². The first-order chi connectivity index (χ1) is 9.95. The van der Waals surface area contributed by atoms with E-state index in [1.54, 1.807) is 13.8 Å². The molecule has 0 atom stereocenters. The van der Waals surface area contributed by atoms with Crippen molar-refractivity contribution in [1.29, 1.82) is 0 Å². The van der Waals surface area contributed by atoms with Crippen LogP contribution in [0.3, 0.4) is 0 Å². The monoisotopic (exact) mass is 282 g/mol. The Morgan fingerprint density at radius 3 is 2.67 bits per heavy atom. The van der Waals surface area contributed by atoms with Gasteiger partial charge in [0.05, 0.1) is 22.5 Å². The summed E-state index contributed by atoms with van der Waals surface area (Å²) in [4.78, 5) is 29.3. The highest BCUT2D eigenvalue weighted by Crippen LogP contribution is 2.29. The number of nitro benzene ring substituents is 1. The number of aromatic nitrogens is 2. The van der Waals surface area contributed by atoms with E-state index in [0.717, 1.165) is 0 Å². The van der Waals surface area contributed by atoms with Crippen molar-refractivity contribution < 1.29 is 4.92 Å². The summed E-state index contributed by atoms with van der Waals surface area (Å²) in [7, 11) is 0. The largest absolute Gasteiger partial charge is 0.349 e. The number of pyridine rings is 1. The van der Waals surface area contributed by atoms with Gasteiger partial charge in [-0.3, -0.25) is 19.3 Å². The van der Waals surface area contributed by atoms with Gasteiger partial charge in [0.15, 0.2) is 0 Å². The van der Waals surface area contributed by atoms with Crippen LogP contribution in [0.4, 0.5) is 11.4 Å². The zero-order valence-corrected chi connectivity index (χ0v) is 11.3. The Labute approximate surface area is 118 Å². The molecular weight excluding hydrogens is 272 g/mol. The summed E-state index contributed by atoms with van der Waals surface area (Å²) in [5, 5.41) is 10.9. The number of hydrogen-bond donors (Lipinski definition) is 1. The summed E-state index contributed by atoms with van der Waals surface area (Å²) >= 11 is 0. The third-order valence-electron chi connectivity index (χ3n) is 3.69. The molecule has 3 rings (SSSR count). The summed E-state index contributed by atoms with van der Waals surface area (Å²) in [6.45, 7) is 10.7. The smallest absolute Gasteiger partial charge is 0.271 e. The van der Waals surface area contributed by atoms with Gasteiger partial charge in [-0.25, -0.2) is 4.85 Å². The molecule has 3 aromatic rings. The number of fused-ring (bicyclic) bond motifs is 3. The van der Waals surface area contributed by atoms with Crippen molar-refractivity contribution in [3.05, 3.63) is 61.2 Å². The lowest BCUT2D eigenvalue weighted by atomic mass is 10.1. The quantitative estimate of drug-likeness (QED) is 0.423. The molecule has 104 valence electrons. The van der Waals surface area contributed by atoms with Crippen molar-refractivity contribution in [3.63, 3.8) is 0 Å². The molecule has 0 spiro atoms. The summed E-state index contributed by atoms with van der Waals surface area (Å²) < 4.78 is 1.33. The SMILES string of the molecule is [C-]#[N+]c1c(C)c(C)c(=O)n2c1[nH]c1ccc([N+](=O)[O-])cc12. The predicted molar refractivity (Wildman–Crippen MR) is 77.9 cm³/mol. The van der Waals surface area contributed by atoms with Gasteiger partial charge in [-0.2, -0.15) is 0 Å². The predicted octanol–water partition coefficient (Wildman–Crippen LogP) is 2.86. The molecule has 0 unspecified atom stereocenters. The Hall–Kier alpha value is -3.14. The van der Waals surface area contributed by atoms with Crippen molar-refractivity contribution >= 4 is 28.1 Å². The van der Waals surface area contributed by atoms with Gasteiger partial charge < -0.3 is 4.98 Å². The maximum Gasteiger partial charge on any atom is 0.271 e. The minimum atomic E-state index is -0.514. The third kappa shape index (κ3) is 1.63. The van der Waals surface area contributed by atoms with E-state index >= 15 is 0 Å². The van der Waals surface area contributed by atoms with E-state index in [9.17, 15) is 14.9 Å². The second-order valence-electron chi connectivity index (χ2n) is 4.78. The number of nitrogens with zero attached hydrogens (tertiary/aromatic N) is 3. The lowest BCUT2D eigenvalue weighted by molar-refractivity contribution is -0.384. The van der Waals surface area contributed by atoms with Crippen molar-refractivity contribution in [3.8, 4) is 0 Å². The fourth-order valence-corrected chi connectivity index (χ4v) is 2.42. The number of hydrogen-bond acceptors (Lipinski definition) is 3. The molecule has 0 aliphatic carbocycles. The van der Waals surface area contributed by atoms with Gasteiger partial charge in [0.1, 0.15) is 5.65 Å². The zero-order valence-electron chi connectivity index (χ0n) is 11.3. The highest BCUT2D eigenvalue weighted by molar-refractivity contribution is 5.88. The summed E-state index contributed by atoms with van der Waals surface area (Å²) in [5.74, 6) is 0. The first kappa shape index (κ1) is 12.9. The Balaban J connectivity index is 2.62. The number of aromatic amines is 1. The average Bonchev–Trinajstić information content (AvgIpc) is 2.83. The van der Waals surface area contributed by atoms with E-state index in [4.69, 9.17) is 6.57 Å². The van der Waals surface area contributed by atoms with Crippen molar-refractivity contribution in [2.45, 2.75) is 13.8 Å². The maximum absolute atomic E-state index is 12.4. The van der Waals surface area contributed by atoms with Crippen LogP contribution in [0.5, 0.6) is 0 Å². The van der Waals surface area contributed by atoms with E-state index in [1.807, 2.05) is 0 Å². The molecule has 0 radical (unpaired) electrons. The van der Waals surface area contributed by atoms with Crippen molar-refractivity contribution in [1.82, 2.24) is 9.38 Å². The topological polar surface area (TPSA) is 84.8 Å². The summed E-state index contributed by atoms with van der Waals surface area (Å²) in [6, 6.07) is 4.24. The van der Waals surface area contributed by atoms with Crippen LogP contribution in [0, 0.1) is 30.5 Å². The minimum absolute atomic E-state index is 0.0992.